The van der Waals surface area contributed by atoms with Crippen LogP contribution in [0.1, 0.15) is 13.8 Å². The predicted molar refractivity (Wildman–Crippen MR) is 73.2 cm³/mol. The van der Waals surface area contributed by atoms with Crippen LogP contribution < -0.4 is 10.6 Å². The molecule has 1 nitrogen and oxygen atoms in total. The fourth-order valence-electron chi connectivity index (χ4n) is 2.41. The van der Waals surface area contributed by atoms with Gasteiger partial charge in [-0.1, -0.05) is 36.4 Å². The van der Waals surface area contributed by atoms with E-state index >= 15 is 0 Å². The van der Waals surface area contributed by atoms with Gasteiger partial charge in [0.05, 0.1) is 0 Å². The Hall–Kier alpha value is -2.02. The molecule has 0 saturated heterocycles. The second-order valence-electron chi connectivity index (χ2n) is 4.12. The molecule has 0 unspecified atom stereocenters. The SMILES string of the molecule is C/C=c1\c(=C/C)oc2ccc3ccccc3c12. The monoisotopic (exact) mass is 222 g/mol. The second kappa shape index (κ2) is 3.77. The molecule has 2 aromatic carbocycles. The van der Waals surface area contributed by atoms with Crippen molar-refractivity contribution < 1.29 is 4.42 Å². The molecule has 0 saturated carbocycles. The molecule has 0 aliphatic rings. The van der Waals surface area contributed by atoms with E-state index in [0.29, 0.717) is 0 Å². The summed E-state index contributed by atoms with van der Waals surface area (Å²) in [6.45, 7) is 4.06. The van der Waals surface area contributed by atoms with Crippen LogP contribution in [-0.4, -0.2) is 0 Å². The Morgan fingerprint density at radius 1 is 0.941 bits per heavy atom. The summed E-state index contributed by atoms with van der Waals surface area (Å²) in [7, 11) is 0. The van der Waals surface area contributed by atoms with Gasteiger partial charge in [-0.3, -0.25) is 0 Å². The van der Waals surface area contributed by atoms with E-state index < -0.39 is 0 Å². The van der Waals surface area contributed by atoms with E-state index in [2.05, 4.69) is 49.4 Å². The summed E-state index contributed by atoms with van der Waals surface area (Å²) in [6.07, 6.45) is 4.14. The molecule has 0 bridgehead atoms. The molecule has 0 aliphatic carbocycles. The first-order valence-electron chi connectivity index (χ1n) is 5.88. The lowest BCUT2D eigenvalue weighted by atomic mass is 10.1. The first kappa shape index (κ1) is 10.2. The van der Waals surface area contributed by atoms with Crippen molar-refractivity contribution >= 4 is 33.9 Å². The molecule has 84 valence electrons. The normalized spacial score (nSPS) is 14.0. The number of hydrogen-bond acceptors (Lipinski definition) is 1. The third-order valence-electron chi connectivity index (χ3n) is 3.20. The van der Waals surface area contributed by atoms with Crippen LogP contribution in [0.3, 0.4) is 0 Å². The van der Waals surface area contributed by atoms with Gasteiger partial charge in [-0.15, -0.1) is 0 Å². The molecule has 1 heteroatoms. The van der Waals surface area contributed by atoms with Crippen molar-refractivity contribution in [3.05, 3.63) is 47.0 Å². The Kier molecular flexibility index (Phi) is 2.25. The molecule has 0 spiro atoms. The molecule has 17 heavy (non-hydrogen) atoms. The van der Waals surface area contributed by atoms with Gasteiger partial charge in [0.25, 0.3) is 0 Å². The summed E-state index contributed by atoms with van der Waals surface area (Å²) in [5, 5.41) is 4.93. The van der Waals surface area contributed by atoms with E-state index in [9.17, 15) is 0 Å². The van der Waals surface area contributed by atoms with Crippen molar-refractivity contribution in [3.8, 4) is 0 Å². The number of fused-ring (bicyclic) bond motifs is 3. The van der Waals surface area contributed by atoms with E-state index in [1.54, 1.807) is 0 Å². The lowest BCUT2D eigenvalue weighted by molar-refractivity contribution is 0.575. The number of hydrogen-bond donors (Lipinski definition) is 0. The summed E-state index contributed by atoms with van der Waals surface area (Å²) in [5.41, 5.74) is 1.92. The Balaban J connectivity index is 2.71. The van der Waals surface area contributed by atoms with Crippen molar-refractivity contribution in [3.63, 3.8) is 0 Å². The second-order valence-corrected chi connectivity index (χ2v) is 4.12. The van der Waals surface area contributed by atoms with Crippen molar-refractivity contribution in [2.45, 2.75) is 13.8 Å². The minimum atomic E-state index is 0.957. The molecule has 0 N–H and O–H groups in total. The summed E-state index contributed by atoms with van der Waals surface area (Å²) in [5.74, 6) is 0. The highest BCUT2D eigenvalue weighted by Crippen LogP contribution is 2.21. The van der Waals surface area contributed by atoms with Gasteiger partial charge in [0.2, 0.25) is 0 Å². The maximum atomic E-state index is 5.86. The zero-order valence-corrected chi connectivity index (χ0v) is 10.0. The molecule has 3 rings (SSSR count). The number of rotatable bonds is 0. The first-order chi connectivity index (χ1) is 8.35. The zero-order valence-electron chi connectivity index (χ0n) is 10.0. The van der Waals surface area contributed by atoms with Crippen LogP contribution in [0.2, 0.25) is 0 Å². The summed E-state index contributed by atoms with van der Waals surface area (Å²) in [6, 6.07) is 12.6. The Morgan fingerprint density at radius 3 is 2.53 bits per heavy atom. The highest BCUT2D eigenvalue weighted by Gasteiger charge is 2.05. The molecule has 0 amide bonds. The molecule has 0 aliphatic heterocycles. The molecular weight excluding hydrogens is 208 g/mol. The van der Waals surface area contributed by atoms with Crippen LogP contribution in [0.15, 0.2) is 40.8 Å². The molecule has 0 atom stereocenters. The van der Waals surface area contributed by atoms with Crippen LogP contribution in [0.25, 0.3) is 33.9 Å². The van der Waals surface area contributed by atoms with Gasteiger partial charge in [-0.25, -0.2) is 0 Å². The summed E-state index contributed by atoms with van der Waals surface area (Å²) >= 11 is 0. The minimum absolute atomic E-state index is 0.957. The quantitative estimate of drug-likeness (QED) is 0.569. The lowest BCUT2D eigenvalue weighted by Crippen LogP contribution is -2.18. The van der Waals surface area contributed by atoms with Crippen LogP contribution in [0.5, 0.6) is 0 Å². The van der Waals surface area contributed by atoms with Crippen molar-refractivity contribution in [2.75, 3.05) is 0 Å². The predicted octanol–water partition coefficient (Wildman–Crippen LogP) is 3.19. The van der Waals surface area contributed by atoms with E-state index in [0.717, 1.165) is 11.0 Å². The molecule has 1 aromatic heterocycles. The fourth-order valence-corrected chi connectivity index (χ4v) is 2.41. The summed E-state index contributed by atoms with van der Waals surface area (Å²) < 4.78 is 5.86. The standard InChI is InChI=1S/C16H14O/c1-3-12-14(4-2)17-15-10-9-11-7-5-6-8-13(11)16(12)15/h3-10H,1-2H3/b12-3+,14-4+. The van der Waals surface area contributed by atoms with Crippen LogP contribution in [0.4, 0.5) is 0 Å². The van der Waals surface area contributed by atoms with Gasteiger partial charge in [-0.2, -0.15) is 0 Å². The Labute approximate surface area is 99.7 Å². The smallest absolute Gasteiger partial charge is 0.136 e. The van der Waals surface area contributed by atoms with E-state index in [1.165, 1.54) is 21.4 Å². The average Bonchev–Trinajstić information content (AvgIpc) is 2.76. The third kappa shape index (κ3) is 1.39. The van der Waals surface area contributed by atoms with Crippen LogP contribution in [0, 0.1) is 0 Å². The fraction of sp³-hybridized carbons (Fsp3) is 0.125. The highest BCUT2D eigenvalue weighted by molar-refractivity contribution is 6.06. The number of furan rings is 1. The molecular formula is C16H14O. The van der Waals surface area contributed by atoms with Crippen molar-refractivity contribution in [1.29, 1.82) is 0 Å². The maximum absolute atomic E-state index is 5.86. The Morgan fingerprint density at radius 2 is 1.76 bits per heavy atom. The molecule has 0 radical (unpaired) electrons. The van der Waals surface area contributed by atoms with Crippen molar-refractivity contribution in [2.24, 2.45) is 0 Å². The Bertz CT molecular complexity index is 807. The van der Waals surface area contributed by atoms with E-state index in [4.69, 9.17) is 4.42 Å². The van der Waals surface area contributed by atoms with Crippen molar-refractivity contribution in [1.82, 2.24) is 0 Å². The molecule has 3 aromatic rings. The molecule has 1 heterocycles. The topological polar surface area (TPSA) is 13.1 Å². The molecule has 0 fully saturated rings. The zero-order chi connectivity index (χ0) is 11.8. The van der Waals surface area contributed by atoms with Gasteiger partial charge in [0.15, 0.2) is 0 Å². The summed E-state index contributed by atoms with van der Waals surface area (Å²) in [4.78, 5) is 0. The maximum Gasteiger partial charge on any atom is 0.136 e. The van der Waals surface area contributed by atoms with Gasteiger partial charge < -0.3 is 4.42 Å². The lowest BCUT2D eigenvalue weighted by Gasteiger charge is -1.97. The van der Waals surface area contributed by atoms with E-state index in [1.807, 2.05) is 13.0 Å². The van der Waals surface area contributed by atoms with Gasteiger partial charge in [0, 0.05) is 10.6 Å². The third-order valence-corrected chi connectivity index (χ3v) is 3.20. The van der Waals surface area contributed by atoms with Gasteiger partial charge in [0.1, 0.15) is 11.0 Å². The van der Waals surface area contributed by atoms with Crippen LogP contribution >= 0.6 is 0 Å². The number of benzene rings is 2. The highest BCUT2D eigenvalue weighted by atomic mass is 16.3. The largest absolute Gasteiger partial charge is 0.456 e. The minimum Gasteiger partial charge on any atom is -0.456 e. The van der Waals surface area contributed by atoms with Gasteiger partial charge >= 0.3 is 0 Å². The van der Waals surface area contributed by atoms with Gasteiger partial charge in [-0.05, 0) is 36.8 Å². The van der Waals surface area contributed by atoms with Crippen LogP contribution in [-0.2, 0) is 0 Å². The first-order valence-corrected chi connectivity index (χ1v) is 5.88. The van der Waals surface area contributed by atoms with E-state index in [-0.39, 0.29) is 0 Å². The average molecular weight is 222 g/mol.